The molecule has 0 atom stereocenters. The van der Waals surface area contributed by atoms with Crippen molar-refractivity contribution in [1.82, 2.24) is 0 Å². The van der Waals surface area contributed by atoms with E-state index in [-0.39, 0.29) is 6.98 Å². The van der Waals surface area contributed by atoms with Crippen LogP contribution < -0.4 is 15.9 Å². The van der Waals surface area contributed by atoms with Gasteiger partial charge in [-0.1, -0.05) is 91.0 Å². The van der Waals surface area contributed by atoms with Crippen molar-refractivity contribution in [3.8, 4) is 22.3 Å². The van der Waals surface area contributed by atoms with E-state index in [4.69, 9.17) is 0 Å². The predicted octanol–water partition coefficient (Wildman–Crippen LogP) is 5.25. The maximum atomic E-state index is 3.66. The Morgan fingerprint density at radius 1 is 0.444 bits per heavy atom. The first-order valence-corrected chi connectivity index (χ1v) is 9.26. The van der Waals surface area contributed by atoms with Crippen molar-refractivity contribution in [1.29, 1.82) is 0 Å². The minimum absolute atomic E-state index is 0.0222. The van der Waals surface area contributed by atoms with E-state index in [1.165, 1.54) is 27.7 Å². The van der Waals surface area contributed by atoms with Gasteiger partial charge < -0.3 is 10.5 Å². The van der Waals surface area contributed by atoms with Crippen LogP contribution in [0.25, 0.3) is 22.3 Å². The Morgan fingerprint density at radius 3 is 1.37 bits per heavy atom. The highest BCUT2D eigenvalue weighted by Gasteiger charge is 2.31. The van der Waals surface area contributed by atoms with Gasteiger partial charge >= 0.3 is 6.98 Å². The zero-order chi connectivity index (χ0) is 18.1. The fraction of sp³-hybridized carbons (Fsp3) is 0. The molecule has 0 aliphatic carbocycles. The van der Waals surface area contributed by atoms with Crippen LogP contribution >= 0.6 is 0 Å². The predicted molar refractivity (Wildman–Crippen MR) is 116 cm³/mol. The van der Waals surface area contributed by atoms with Crippen molar-refractivity contribution in [2.45, 2.75) is 0 Å². The van der Waals surface area contributed by atoms with Gasteiger partial charge in [0.05, 0.1) is 0 Å². The minimum Gasteiger partial charge on any atom is -0.404 e. The molecule has 0 amide bonds. The van der Waals surface area contributed by atoms with Crippen molar-refractivity contribution in [2.24, 2.45) is 0 Å². The smallest absolute Gasteiger partial charge is 0.404 e. The van der Waals surface area contributed by atoms with Crippen LogP contribution in [0.3, 0.4) is 0 Å². The summed E-state index contributed by atoms with van der Waals surface area (Å²) in [6.07, 6.45) is 0. The van der Waals surface area contributed by atoms with Gasteiger partial charge in [0.25, 0.3) is 0 Å². The molecular weight excluding hydrogens is 327 g/mol. The number of hydrogen-bond donors (Lipinski definition) is 2. The summed E-state index contributed by atoms with van der Waals surface area (Å²) >= 11 is 0. The Kier molecular flexibility index (Phi) is 3.91. The first kappa shape index (κ1) is 15.8. The average molecular weight is 346 g/mol. The number of hydrogen-bond acceptors (Lipinski definition) is 2. The summed E-state index contributed by atoms with van der Waals surface area (Å²) in [6, 6.07) is 36.2. The van der Waals surface area contributed by atoms with Gasteiger partial charge in [-0.05, 0) is 39.8 Å². The normalized spacial score (nSPS) is 12.2. The lowest BCUT2D eigenvalue weighted by molar-refractivity contribution is 1.61. The molecule has 3 heteroatoms. The summed E-state index contributed by atoms with van der Waals surface area (Å²) in [6.45, 7) is 0.0222. The molecule has 0 aromatic heterocycles. The summed E-state index contributed by atoms with van der Waals surface area (Å²) in [5.41, 5.74) is 8.50. The fourth-order valence-corrected chi connectivity index (χ4v) is 3.84. The highest BCUT2D eigenvalue weighted by molar-refractivity contribution is 6.83. The average Bonchev–Trinajstić information content (AvgIpc) is 3.18. The van der Waals surface area contributed by atoms with Gasteiger partial charge in [-0.3, -0.25) is 0 Å². The summed E-state index contributed by atoms with van der Waals surface area (Å²) in [7, 11) is 0. The molecule has 0 radical (unpaired) electrons. The van der Waals surface area contributed by atoms with Crippen molar-refractivity contribution < 1.29 is 0 Å². The quantitative estimate of drug-likeness (QED) is 0.495. The summed E-state index contributed by atoms with van der Waals surface area (Å²) < 4.78 is 0. The van der Waals surface area contributed by atoms with E-state index in [0.717, 1.165) is 11.4 Å². The van der Waals surface area contributed by atoms with Crippen molar-refractivity contribution in [3.63, 3.8) is 0 Å². The standard InChI is InChI=1S/C24H19BN2/c1-3-10-18(11-4-1)20-14-9-15-21(19-12-5-2-6-13-19)24(20)25-26-22-16-7-8-17-23(22)27-25/h1-17,26-27H. The molecular formula is C24H19BN2. The van der Waals surface area contributed by atoms with Gasteiger partial charge in [-0.25, -0.2) is 0 Å². The second-order valence-electron chi connectivity index (χ2n) is 6.77. The third-order valence-corrected chi connectivity index (χ3v) is 5.09. The SMILES string of the molecule is c1ccc(-c2cccc(-c3ccccc3)c2B2Nc3ccccc3N2)cc1. The molecule has 1 aliphatic rings. The van der Waals surface area contributed by atoms with Crippen LogP contribution in [0.2, 0.25) is 0 Å². The number of anilines is 2. The highest BCUT2D eigenvalue weighted by atomic mass is 15.0. The fourth-order valence-electron chi connectivity index (χ4n) is 3.84. The number of fused-ring (bicyclic) bond motifs is 1. The Balaban J connectivity index is 1.70. The van der Waals surface area contributed by atoms with Gasteiger partial charge in [-0.15, -0.1) is 0 Å². The summed E-state index contributed by atoms with van der Waals surface area (Å²) in [4.78, 5) is 0. The van der Waals surface area contributed by atoms with Crippen LogP contribution in [0, 0.1) is 0 Å². The van der Waals surface area contributed by atoms with Crippen LogP contribution in [0.5, 0.6) is 0 Å². The molecule has 4 aromatic carbocycles. The van der Waals surface area contributed by atoms with Crippen molar-refractivity contribution >= 4 is 23.8 Å². The molecule has 0 saturated carbocycles. The lowest BCUT2D eigenvalue weighted by Crippen LogP contribution is -2.44. The molecule has 0 unspecified atom stereocenters. The number of rotatable bonds is 3. The maximum absolute atomic E-state index is 3.66. The maximum Gasteiger partial charge on any atom is 0.407 e. The van der Waals surface area contributed by atoms with E-state index in [0.29, 0.717) is 0 Å². The van der Waals surface area contributed by atoms with Gasteiger partial charge in [0.2, 0.25) is 0 Å². The van der Waals surface area contributed by atoms with Gasteiger partial charge in [0.1, 0.15) is 0 Å². The molecule has 1 heterocycles. The molecule has 1 aliphatic heterocycles. The highest BCUT2D eigenvalue weighted by Crippen LogP contribution is 2.31. The van der Waals surface area contributed by atoms with E-state index in [1.807, 2.05) is 0 Å². The number of benzene rings is 4. The zero-order valence-corrected chi connectivity index (χ0v) is 14.9. The molecule has 0 saturated heterocycles. The second-order valence-corrected chi connectivity index (χ2v) is 6.77. The monoisotopic (exact) mass is 346 g/mol. The third-order valence-electron chi connectivity index (χ3n) is 5.09. The Bertz CT molecular complexity index is 995. The summed E-state index contributed by atoms with van der Waals surface area (Å²) in [5.74, 6) is 0. The number of nitrogens with one attached hydrogen (secondary N) is 2. The molecule has 128 valence electrons. The van der Waals surface area contributed by atoms with Crippen LogP contribution in [0.15, 0.2) is 103 Å². The Morgan fingerprint density at radius 2 is 0.889 bits per heavy atom. The third kappa shape index (κ3) is 2.87. The van der Waals surface area contributed by atoms with Crippen molar-refractivity contribution in [3.05, 3.63) is 103 Å². The molecule has 4 aromatic rings. The van der Waals surface area contributed by atoms with Crippen LogP contribution in [-0.2, 0) is 0 Å². The molecule has 2 nitrogen and oxygen atoms in total. The zero-order valence-electron chi connectivity index (χ0n) is 14.9. The van der Waals surface area contributed by atoms with E-state index in [2.05, 4.69) is 114 Å². The number of para-hydroxylation sites is 2. The lowest BCUT2D eigenvalue weighted by atomic mass is 9.63. The van der Waals surface area contributed by atoms with Crippen molar-refractivity contribution in [2.75, 3.05) is 10.5 Å². The van der Waals surface area contributed by atoms with Gasteiger partial charge in [0, 0.05) is 11.4 Å². The summed E-state index contributed by atoms with van der Waals surface area (Å²) in [5, 5.41) is 7.32. The van der Waals surface area contributed by atoms with E-state index in [9.17, 15) is 0 Å². The van der Waals surface area contributed by atoms with Gasteiger partial charge in [0.15, 0.2) is 0 Å². The Hall–Kier alpha value is -3.46. The first-order valence-electron chi connectivity index (χ1n) is 9.26. The van der Waals surface area contributed by atoms with Crippen LogP contribution in [0.4, 0.5) is 11.4 Å². The van der Waals surface area contributed by atoms with E-state index >= 15 is 0 Å². The molecule has 2 N–H and O–H groups in total. The van der Waals surface area contributed by atoms with E-state index < -0.39 is 0 Å². The topological polar surface area (TPSA) is 24.1 Å². The largest absolute Gasteiger partial charge is 0.407 e. The Labute approximate surface area is 160 Å². The molecule has 27 heavy (non-hydrogen) atoms. The minimum atomic E-state index is 0.0222. The van der Waals surface area contributed by atoms with E-state index in [1.54, 1.807) is 0 Å². The van der Waals surface area contributed by atoms with Crippen LogP contribution in [-0.4, -0.2) is 6.98 Å². The molecule has 0 spiro atoms. The molecule has 0 bridgehead atoms. The lowest BCUT2D eigenvalue weighted by Gasteiger charge is -2.19. The molecule has 5 rings (SSSR count). The first-order chi connectivity index (χ1) is 13.4. The second kappa shape index (κ2) is 6.69. The van der Waals surface area contributed by atoms with Crippen LogP contribution in [0.1, 0.15) is 0 Å². The molecule has 0 fully saturated rings. The van der Waals surface area contributed by atoms with Gasteiger partial charge in [-0.2, -0.15) is 0 Å².